The zero-order valence-electron chi connectivity index (χ0n) is 26.4. The van der Waals surface area contributed by atoms with Crippen LogP contribution >= 0.6 is 0 Å². The van der Waals surface area contributed by atoms with Crippen LogP contribution in [0.15, 0.2) is 66.4 Å². The van der Waals surface area contributed by atoms with E-state index in [1.54, 1.807) is 18.2 Å². The first-order chi connectivity index (χ1) is 20.4. The van der Waals surface area contributed by atoms with Gasteiger partial charge >= 0.3 is 35.5 Å². The summed E-state index contributed by atoms with van der Waals surface area (Å²) < 4.78 is 69.0. The minimum absolute atomic E-state index is 0. The van der Waals surface area contributed by atoms with Gasteiger partial charge in [0.2, 0.25) is 5.69 Å². The number of aromatic carboxylic acids is 1. The molecule has 0 unspecified atom stereocenters. The normalized spacial score (nSPS) is 17.9. The Morgan fingerprint density at radius 3 is 2.13 bits per heavy atom. The maximum Gasteiger partial charge on any atom is 1.00 e. The van der Waals surface area contributed by atoms with Crippen LogP contribution in [-0.4, -0.2) is 71.9 Å². The Balaban J connectivity index is 0.00000552. The number of carbonyl (C=O) groups is 1. The Labute approximate surface area is 288 Å². The molecule has 0 radical (unpaired) electrons. The van der Waals surface area contributed by atoms with E-state index in [2.05, 4.69) is 29.4 Å². The van der Waals surface area contributed by atoms with Gasteiger partial charge in [-0.15, -0.1) is 0 Å². The zero-order valence-corrected chi connectivity index (χ0v) is 30.1. The average Bonchev–Trinajstić information content (AvgIpc) is 3.26. The second-order valence-electron chi connectivity index (χ2n) is 12.3. The molecule has 0 saturated carbocycles. The Hall–Kier alpha value is -2.32. The number of benzene rings is 2. The molecule has 0 spiro atoms. The van der Waals surface area contributed by atoms with Gasteiger partial charge in [-0.05, 0) is 62.9 Å². The third-order valence-electron chi connectivity index (χ3n) is 8.50. The molecule has 0 aliphatic carbocycles. The van der Waals surface area contributed by atoms with Crippen LogP contribution in [0.1, 0.15) is 74.9 Å². The largest absolute Gasteiger partial charge is 1.00 e. The summed E-state index contributed by atoms with van der Waals surface area (Å²) in [6.45, 7) is 9.26. The fourth-order valence-corrected chi connectivity index (χ4v) is 7.37. The molecule has 0 aromatic heterocycles. The molecule has 0 fully saturated rings. The van der Waals surface area contributed by atoms with Crippen molar-refractivity contribution in [3.8, 4) is 0 Å². The minimum Gasteiger partial charge on any atom is -0.748 e. The van der Waals surface area contributed by atoms with Crippen molar-refractivity contribution in [1.82, 2.24) is 0 Å². The summed E-state index contributed by atoms with van der Waals surface area (Å²) in [5.41, 5.74) is 4.99. The first-order valence-electron chi connectivity index (χ1n) is 14.6. The Bertz CT molecular complexity index is 1760. The number of carboxylic acids is 1. The number of para-hydroxylation sites is 1. The number of rotatable bonds is 13. The first-order valence-corrected chi connectivity index (χ1v) is 17.7. The Morgan fingerprint density at radius 1 is 0.889 bits per heavy atom. The van der Waals surface area contributed by atoms with Crippen molar-refractivity contribution in [3.05, 3.63) is 83.1 Å². The molecular formula is C32H39N2NaO8S2. The average molecular weight is 667 g/mol. The number of carboxylic acid groups (broad SMARTS) is 1. The van der Waals surface area contributed by atoms with Gasteiger partial charge in [0.15, 0.2) is 5.71 Å². The minimum atomic E-state index is -4.32. The second-order valence-corrected chi connectivity index (χ2v) is 15.4. The van der Waals surface area contributed by atoms with Gasteiger partial charge in [0, 0.05) is 59.0 Å². The van der Waals surface area contributed by atoms with Gasteiger partial charge in [-0.2, -0.15) is 4.58 Å². The molecule has 0 saturated heterocycles. The maximum atomic E-state index is 11.7. The standard InChI is InChI=1S/C32H40N2O8S2.Na/c1-31(2)24-12-5-6-13-26(24)33(18-7-9-20-43(37,38)39)28(31)14-11-15-29-32(3,4)25-22-23(30(35)36)16-17-27(25)34(29)19-8-10-21-44(40,41)42;/h5-6,11-17,22H,7-10,18-21H2,1-4H3,(H2-,35,36,37,38,39,40,41,42);/q;+1/p-1. The molecule has 13 heteroatoms. The van der Waals surface area contributed by atoms with Crippen molar-refractivity contribution in [3.63, 3.8) is 0 Å². The van der Waals surface area contributed by atoms with Crippen LogP contribution in [0, 0.1) is 0 Å². The molecule has 2 aromatic rings. The van der Waals surface area contributed by atoms with Crippen LogP contribution in [0.25, 0.3) is 0 Å². The summed E-state index contributed by atoms with van der Waals surface area (Å²) in [5.74, 6) is -1.88. The number of allylic oxidation sites excluding steroid dienone is 4. The summed E-state index contributed by atoms with van der Waals surface area (Å²) in [6.07, 6.45) is 7.41. The maximum absolute atomic E-state index is 11.7. The molecule has 2 aromatic carbocycles. The predicted molar refractivity (Wildman–Crippen MR) is 168 cm³/mol. The molecular weight excluding hydrogens is 627 g/mol. The molecule has 2 heterocycles. The zero-order chi connectivity index (χ0) is 32.5. The van der Waals surface area contributed by atoms with Gasteiger partial charge in [0.25, 0.3) is 0 Å². The Morgan fingerprint density at radius 2 is 1.51 bits per heavy atom. The summed E-state index contributed by atoms with van der Waals surface area (Å²) in [7, 11) is -8.61. The SMILES string of the molecule is CC1(C)C(/C=C/C=C2/N(CCCCS(=O)(=O)[O-])c3ccc(C(=O)O)cc3C2(C)C)=[N+](CCCCS(=O)(=O)[O-])c2ccccc21.[Na+]. The number of hydrogen-bond acceptors (Lipinski definition) is 8. The summed E-state index contributed by atoms with van der Waals surface area (Å²) in [5, 5.41) is 9.62. The van der Waals surface area contributed by atoms with E-state index in [4.69, 9.17) is 0 Å². The van der Waals surface area contributed by atoms with Gasteiger partial charge in [0.1, 0.15) is 6.54 Å². The monoisotopic (exact) mass is 666 g/mol. The van der Waals surface area contributed by atoms with Gasteiger partial charge in [0.05, 0.1) is 31.2 Å². The smallest absolute Gasteiger partial charge is 0.748 e. The molecule has 0 atom stereocenters. The molecule has 2 aliphatic rings. The topological polar surface area (TPSA) is 158 Å². The van der Waals surface area contributed by atoms with Crippen molar-refractivity contribution in [2.24, 2.45) is 0 Å². The number of unbranched alkanes of at least 4 members (excludes halogenated alkanes) is 2. The van der Waals surface area contributed by atoms with Crippen molar-refractivity contribution in [1.29, 1.82) is 0 Å². The summed E-state index contributed by atoms with van der Waals surface area (Å²) >= 11 is 0. The van der Waals surface area contributed by atoms with E-state index in [0.29, 0.717) is 25.9 Å². The number of anilines is 1. The molecule has 2 aliphatic heterocycles. The third kappa shape index (κ3) is 8.54. The quantitative estimate of drug-likeness (QED) is 0.145. The first kappa shape index (κ1) is 37.1. The van der Waals surface area contributed by atoms with E-state index in [9.17, 15) is 35.8 Å². The van der Waals surface area contributed by atoms with Crippen LogP contribution in [0.3, 0.4) is 0 Å². The van der Waals surface area contributed by atoms with E-state index in [1.807, 2.05) is 50.3 Å². The Kier molecular flexibility index (Phi) is 11.7. The fraction of sp³-hybridized carbons (Fsp3) is 0.438. The molecule has 0 amide bonds. The van der Waals surface area contributed by atoms with E-state index in [-0.39, 0.29) is 53.4 Å². The van der Waals surface area contributed by atoms with Gasteiger partial charge < -0.3 is 19.1 Å². The van der Waals surface area contributed by atoms with Crippen molar-refractivity contribution >= 4 is 43.3 Å². The van der Waals surface area contributed by atoms with E-state index in [1.165, 1.54) is 0 Å². The molecule has 10 nitrogen and oxygen atoms in total. The van der Waals surface area contributed by atoms with Crippen LogP contribution in [0.4, 0.5) is 11.4 Å². The third-order valence-corrected chi connectivity index (χ3v) is 10.1. The second kappa shape index (κ2) is 14.2. The van der Waals surface area contributed by atoms with E-state index < -0.39 is 43.1 Å². The van der Waals surface area contributed by atoms with Crippen LogP contribution in [0.2, 0.25) is 0 Å². The summed E-state index contributed by atoms with van der Waals surface area (Å²) in [4.78, 5) is 13.8. The van der Waals surface area contributed by atoms with Gasteiger partial charge in [-0.1, -0.05) is 38.1 Å². The number of nitrogens with zero attached hydrogens (tertiary/aromatic N) is 2. The van der Waals surface area contributed by atoms with Gasteiger partial charge in [-0.3, -0.25) is 0 Å². The van der Waals surface area contributed by atoms with E-state index in [0.717, 1.165) is 33.9 Å². The van der Waals surface area contributed by atoms with Crippen LogP contribution in [-0.2, 0) is 31.1 Å². The van der Waals surface area contributed by atoms with Crippen LogP contribution < -0.4 is 34.5 Å². The molecule has 45 heavy (non-hydrogen) atoms. The van der Waals surface area contributed by atoms with Crippen molar-refractivity contribution in [2.45, 2.75) is 64.2 Å². The van der Waals surface area contributed by atoms with Crippen molar-refractivity contribution in [2.75, 3.05) is 29.5 Å². The van der Waals surface area contributed by atoms with E-state index >= 15 is 0 Å². The number of hydrogen-bond donors (Lipinski definition) is 1. The molecule has 4 rings (SSSR count). The molecule has 1 N–H and O–H groups in total. The fourth-order valence-electron chi connectivity index (χ4n) is 6.26. The van der Waals surface area contributed by atoms with Crippen LogP contribution in [0.5, 0.6) is 0 Å². The number of fused-ring (bicyclic) bond motifs is 2. The summed E-state index contributed by atoms with van der Waals surface area (Å²) in [6, 6.07) is 13.0. The van der Waals surface area contributed by atoms with Gasteiger partial charge in [-0.25, -0.2) is 21.6 Å². The molecule has 238 valence electrons. The van der Waals surface area contributed by atoms with Crippen molar-refractivity contribution < 1.29 is 70.0 Å². The predicted octanol–water partition coefficient (Wildman–Crippen LogP) is 1.65. The molecule has 0 bridgehead atoms.